The maximum Gasteiger partial charge on any atom is 0.258 e. The van der Waals surface area contributed by atoms with Crippen LogP contribution in [0.3, 0.4) is 0 Å². The Kier molecular flexibility index (Phi) is 3.86. The number of nitrogens with one attached hydrogen (secondary N) is 2. The summed E-state index contributed by atoms with van der Waals surface area (Å²) in [5.74, 6) is -2.47. The number of anilines is 1. The Balaban J connectivity index is 1.83. The standard InChI is InChI=1S/C13H12F2N4O3S/c14-8-2-1-3-9(15)12(8)19-5-4-10(13(19)20)18-23(21,22)11-6-16-7-17-11/h1-3,6-7,10,18H,4-5H2,(H,16,17). The summed E-state index contributed by atoms with van der Waals surface area (Å²) in [7, 11) is -3.96. The molecule has 3 rings (SSSR count). The molecule has 1 fully saturated rings. The number of aromatic amines is 1. The lowest BCUT2D eigenvalue weighted by Gasteiger charge is -2.18. The molecule has 0 radical (unpaired) electrons. The number of amides is 1. The van der Waals surface area contributed by atoms with Crippen LogP contribution in [0.4, 0.5) is 14.5 Å². The predicted octanol–water partition coefficient (Wildman–Crippen LogP) is 0.772. The van der Waals surface area contributed by atoms with Gasteiger partial charge in [0.2, 0.25) is 5.91 Å². The lowest BCUT2D eigenvalue weighted by Crippen LogP contribution is -2.42. The van der Waals surface area contributed by atoms with E-state index in [1.807, 2.05) is 0 Å². The van der Waals surface area contributed by atoms with E-state index < -0.39 is 39.3 Å². The van der Waals surface area contributed by atoms with Crippen LogP contribution < -0.4 is 9.62 Å². The first kappa shape index (κ1) is 15.6. The van der Waals surface area contributed by atoms with Crippen molar-refractivity contribution in [3.05, 3.63) is 42.4 Å². The summed E-state index contributed by atoms with van der Waals surface area (Å²) < 4.78 is 53.9. The second-order valence-corrected chi connectivity index (χ2v) is 6.62. The molecule has 0 saturated carbocycles. The normalized spacial score (nSPS) is 18.6. The summed E-state index contributed by atoms with van der Waals surface area (Å²) in [6, 6.07) is 2.16. The maximum absolute atomic E-state index is 13.8. The lowest BCUT2D eigenvalue weighted by molar-refractivity contribution is -0.118. The molecule has 1 atom stereocenters. The highest BCUT2D eigenvalue weighted by molar-refractivity contribution is 7.89. The number of carbonyl (C=O) groups excluding carboxylic acids is 1. The molecule has 2 aromatic rings. The second-order valence-electron chi connectivity index (χ2n) is 4.94. The van der Waals surface area contributed by atoms with E-state index in [2.05, 4.69) is 14.7 Å². The van der Waals surface area contributed by atoms with Crippen molar-refractivity contribution in [2.24, 2.45) is 0 Å². The average Bonchev–Trinajstić information content (AvgIpc) is 3.12. The van der Waals surface area contributed by atoms with Crippen LogP contribution in [0.1, 0.15) is 6.42 Å². The molecule has 0 aliphatic carbocycles. The van der Waals surface area contributed by atoms with Crippen molar-refractivity contribution >= 4 is 21.6 Å². The van der Waals surface area contributed by atoms with E-state index in [0.29, 0.717) is 0 Å². The molecule has 1 aliphatic heterocycles. The lowest BCUT2D eigenvalue weighted by atomic mass is 10.2. The number of halogens is 2. The van der Waals surface area contributed by atoms with Gasteiger partial charge in [-0.2, -0.15) is 4.72 Å². The zero-order chi connectivity index (χ0) is 16.6. The summed E-state index contributed by atoms with van der Waals surface area (Å²) in [6.07, 6.45) is 2.38. The first-order valence-corrected chi connectivity index (χ1v) is 8.14. The summed E-state index contributed by atoms with van der Waals surface area (Å²) in [4.78, 5) is 19.2. The molecule has 2 heterocycles. The van der Waals surface area contributed by atoms with Crippen molar-refractivity contribution in [3.8, 4) is 0 Å². The van der Waals surface area contributed by atoms with Gasteiger partial charge in [-0.25, -0.2) is 22.2 Å². The molecule has 10 heteroatoms. The van der Waals surface area contributed by atoms with E-state index in [4.69, 9.17) is 0 Å². The van der Waals surface area contributed by atoms with Gasteiger partial charge in [-0.15, -0.1) is 0 Å². The fourth-order valence-corrected chi connectivity index (χ4v) is 3.53. The van der Waals surface area contributed by atoms with Crippen LogP contribution in [0.15, 0.2) is 35.7 Å². The number of aromatic nitrogens is 2. The summed E-state index contributed by atoms with van der Waals surface area (Å²) >= 11 is 0. The first-order valence-electron chi connectivity index (χ1n) is 6.66. The van der Waals surface area contributed by atoms with Crippen LogP contribution in [0.2, 0.25) is 0 Å². The zero-order valence-electron chi connectivity index (χ0n) is 11.7. The summed E-state index contributed by atoms with van der Waals surface area (Å²) in [6.45, 7) is 0.00680. The molecule has 1 aromatic carbocycles. The number of rotatable bonds is 4. The summed E-state index contributed by atoms with van der Waals surface area (Å²) in [5, 5.41) is -0.194. The van der Waals surface area contributed by atoms with Crippen molar-refractivity contribution in [1.82, 2.24) is 14.7 Å². The van der Waals surface area contributed by atoms with E-state index in [1.54, 1.807) is 0 Å². The van der Waals surface area contributed by atoms with Crippen molar-refractivity contribution in [2.45, 2.75) is 17.5 Å². The predicted molar refractivity (Wildman–Crippen MR) is 76.0 cm³/mol. The zero-order valence-corrected chi connectivity index (χ0v) is 12.5. The molecule has 1 unspecified atom stereocenters. The molecule has 1 aromatic heterocycles. The van der Waals surface area contributed by atoms with E-state index in [-0.39, 0.29) is 18.0 Å². The molecule has 1 amide bonds. The smallest absolute Gasteiger partial charge is 0.258 e. The van der Waals surface area contributed by atoms with Gasteiger partial charge in [0.1, 0.15) is 23.4 Å². The van der Waals surface area contributed by atoms with E-state index in [9.17, 15) is 22.0 Å². The van der Waals surface area contributed by atoms with Gasteiger partial charge in [0, 0.05) is 6.54 Å². The van der Waals surface area contributed by atoms with E-state index in [1.165, 1.54) is 12.4 Å². The SMILES string of the molecule is O=C1C(NS(=O)(=O)c2cnc[nH]2)CCN1c1c(F)cccc1F. The number of H-pyrrole nitrogens is 1. The number of para-hydroxylation sites is 1. The Hall–Kier alpha value is -2.33. The number of benzene rings is 1. The Labute approximate surface area is 130 Å². The Morgan fingerprint density at radius 2 is 2.00 bits per heavy atom. The maximum atomic E-state index is 13.8. The van der Waals surface area contributed by atoms with Crippen LogP contribution in [0.5, 0.6) is 0 Å². The third-order valence-electron chi connectivity index (χ3n) is 3.47. The number of imidazole rings is 1. The fraction of sp³-hybridized carbons (Fsp3) is 0.231. The molecule has 23 heavy (non-hydrogen) atoms. The Morgan fingerprint density at radius 1 is 1.30 bits per heavy atom. The molecule has 7 nitrogen and oxygen atoms in total. The minimum atomic E-state index is -3.96. The molecule has 0 spiro atoms. The van der Waals surface area contributed by atoms with E-state index >= 15 is 0 Å². The molecule has 1 aliphatic rings. The highest BCUT2D eigenvalue weighted by atomic mass is 32.2. The summed E-state index contributed by atoms with van der Waals surface area (Å²) in [5.41, 5.74) is -0.472. The highest BCUT2D eigenvalue weighted by Crippen LogP contribution is 2.28. The van der Waals surface area contributed by atoms with Crippen molar-refractivity contribution in [3.63, 3.8) is 0 Å². The van der Waals surface area contributed by atoms with Crippen molar-refractivity contribution in [2.75, 3.05) is 11.4 Å². The number of nitrogens with zero attached hydrogens (tertiary/aromatic N) is 2. The van der Waals surface area contributed by atoms with E-state index in [0.717, 1.165) is 23.2 Å². The molecular weight excluding hydrogens is 330 g/mol. The van der Waals surface area contributed by atoms with Crippen LogP contribution in [0, 0.1) is 11.6 Å². The third-order valence-corrected chi connectivity index (χ3v) is 4.87. The minimum Gasteiger partial charge on any atom is -0.335 e. The highest BCUT2D eigenvalue weighted by Gasteiger charge is 2.38. The van der Waals surface area contributed by atoms with Crippen molar-refractivity contribution in [1.29, 1.82) is 0 Å². The molecular formula is C13H12F2N4O3S. The van der Waals surface area contributed by atoms with Crippen LogP contribution in [0.25, 0.3) is 0 Å². The Morgan fingerprint density at radius 3 is 2.61 bits per heavy atom. The topological polar surface area (TPSA) is 95.2 Å². The van der Waals surface area contributed by atoms with Gasteiger partial charge in [-0.1, -0.05) is 6.07 Å². The molecule has 122 valence electrons. The number of hydrogen-bond donors (Lipinski definition) is 2. The van der Waals surface area contributed by atoms with Crippen LogP contribution in [-0.4, -0.2) is 36.9 Å². The monoisotopic (exact) mass is 342 g/mol. The second kappa shape index (κ2) is 5.70. The van der Waals surface area contributed by atoms with Crippen molar-refractivity contribution < 1.29 is 22.0 Å². The van der Waals surface area contributed by atoms with Gasteiger partial charge in [0.05, 0.1) is 12.5 Å². The van der Waals surface area contributed by atoms with Gasteiger partial charge in [-0.3, -0.25) is 4.79 Å². The van der Waals surface area contributed by atoms with Gasteiger partial charge in [-0.05, 0) is 18.6 Å². The molecule has 0 bridgehead atoms. The average molecular weight is 342 g/mol. The third kappa shape index (κ3) is 2.82. The number of hydrogen-bond acceptors (Lipinski definition) is 4. The van der Waals surface area contributed by atoms with Gasteiger partial charge >= 0.3 is 0 Å². The Bertz CT molecular complexity index is 819. The van der Waals surface area contributed by atoms with Gasteiger partial charge in [0.15, 0.2) is 5.03 Å². The number of sulfonamides is 1. The molecule has 1 saturated heterocycles. The fourth-order valence-electron chi connectivity index (χ4n) is 2.40. The quantitative estimate of drug-likeness (QED) is 0.858. The van der Waals surface area contributed by atoms with Gasteiger partial charge < -0.3 is 9.88 Å². The first-order chi connectivity index (χ1) is 10.9. The largest absolute Gasteiger partial charge is 0.335 e. The van der Waals surface area contributed by atoms with Crippen LogP contribution in [-0.2, 0) is 14.8 Å². The van der Waals surface area contributed by atoms with Gasteiger partial charge in [0.25, 0.3) is 10.0 Å². The minimum absolute atomic E-state index is 0.00680. The molecule has 2 N–H and O–H groups in total. The number of carbonyl (C=O) groups is 1. The van der Waals surface area contributed by atoms with Crippen LogP contribution >= 0.6 is 0 Å².